The van der Waals surface area contributed by atoms with Crippen molar-refractivity contribution in [2.24, 2.45) is 11.1 Å². The Morgan fingerprint density at radius 3 is 2.40 bits per heavy atom. The molecule has 0 atom stereocenters. The largest absolute Gasteiger partial charge is 0.330 e. The number of hydrogen-bond acceptors (Lipinski definition) is 2. The molecule has 0 amide bonds. The van der Waals surface area contributed by atoms with Crippen molar-refractivity contribution in [3.8, 4) is 0 Å². The van der Waals surface area contributed by atoms with Crippen LogP contribution in [0.25, 0.3) is 0 Å². The van der Waals surface area contributed by atoms with Gasteiger partial charge in [0.1, 0.15) is 0 Å². The molecule has 0 heterocycles. The van der Waals surface area contributed by atoms with Crippen LogP contribution in [-0.4, -0.2) is 31.6 Å². The van der Waals surface area contributed by atoms with Gasteiger partial charge in [-0.3, -0.25) is 0 Å². The third-order valence-electron chi connectivity index (χ3n) is 3.85. The van der Waals surface area contributed by atoms with Gasteiger partial charge in [0.2, 0.25) is 0 Å². The quantitative estimate of drug-likeness (QED) is 0.657. The Labute approximate surface area is 95.2 Å². The molecule has 0 aromatic rings. The summed E-state index contributed by atoms with van der Waals surface area (Å²) in [5.74, 6) is 0. The molecule has 0 aliphatic heterocycles. The SMILES string of the molecule is CCCCCN(C)CC1(CN)CCCC1. The molecule has 1 aliphatic carbocycles. The zero-order valence-electron chi connectivity index (χ0n) is 10.6. The molecule has 2 nitrogen and oxygen atoms in total. The van der Waals surface area contributed by atoms with Crippen LogP contribution >= 0.6 is 0 Å². The van der Waals surface area contributed by atoms with Crippen LogP contribution in [-0.2, 0) is 0 Å². The summed E-state index contributed by atoms with van der Waals surface area (Å²) in [6.45, 7) is 5.60. The molecule has 0 spiro atoms. The maximum absolute atomic E-state index is 5.95. The van der Waals surface area contributed by atoms with Crippen molar-refractivity contribution in [3.05, 3.63) is 0 Å². The minimum atomic E-state index is 0.459. The molecule has 1 rings (SSSR count). The average molecular weight is 212 g/mol. The van der Waals surface area contributed by atoms with E-state index >= 15 is 0 Å². The van der Waals surface area contributed by atoms with Gasteiger partial charge in [-0.25, -0.2) is 0 Å². The molecule has 0 radical (unpaired) electrons. The summed E-state index contributed by atoms with van der Waals surface area (Å²) in [5, 5.41) is 0. The van der Waals surface area contributed by atoms with E-state index in [1.165, 1.54) is 58.0 Å². The lowest BCUT2D eigenvalue weighted by molar-refractivity contribution is 0.182. The van der Waals surface area contributed by atoms with Gasteiger partial charge in [-0.2, -0.15) is 0 Å². The first kappa shape index (κ1) is 13.0. The third kappa shape index (κ3) is 4.12. The molecule has 1 saturated carbocycles. The summed E-state index contributed by atoms with van der Waals surface area (Å²) in [6.07, 6.45) is 9.49. The smallest absolute Gasteiger partial charge is 0.00470 e. The first-order valence-corrected chi connectivity index (χ1v) is 6.61. The molecule has 1 aliphatic rings. The van der Waals surface area contributed by atoms with Crippen molar-refractivity contribution in [1.29, 1.82) is 0 Å². The van der Waals surface area contributed by atoms with E-state index in [0.717, 1.165) is 6.54 Å². The van der Waals surface area contributed by atoms with Gasteiger partial charge in [-0.1, -0.05) is 32.6 Å². The summed E-state index contributed by atoms with van der Waals surface area (Å²) in [6, 6.07) is 0. The Morgan fingerprint density at radius 2 is 1.87 bits per heavy atom. The Bertz CT molecular complexity index is 162. The number of rotatable bonds is 7. The topological polar surface area (TPSA) is 29.3 Å². The van der Waals surface area contributed by atoms with Crippen molar-refractivity contribution in [2.45, 2.75) is 51.9 Å². The molecule has 0 bridgehead atoms. The highest BCUT2D eigenvalue weighted by molar-refractivity contribution is 4.87. The Hall–Kier alpha value is -0.0800. The second-order valence-corrected chi connectivity index (χ2v) is 5.36. The minimum absolute atomic E-state index is 0.459. The van der Waals surface area contributed by atoms with Crippen LogP contribution in [0.2, 0.25) is 0 Å². The lowest BCUT2D eigenvalue weighted by Gasteiger charge is -2.32. The molecule has 0 saturated heterocycles. The molecule has 15 heavy (non-hydrogen) atoms. The molecular formula is C13H28N2. The van der Waals surface area contributed by atoms with Crippen LogP contribution < -0.4 is 5.73 Å². The van der Waals surface area contributed by atoms with Gasteiger partial charge in [0.05, 0.1) is 0 Å². The van der Waals surface area contributed by atoms with E-state index in [1.54, 1.807) is 0 Å². The fourth-order valence-electron chi connectivity index (χ4n) is 2.84. The van der Waals surface area contributed by atoms with Crippen molar-refractivity contribution >= 4 is 0 Å². The van der Waals surface area contributed by atoms with E-state index in [-0.39, 0.29) is 0 Å². The van der Waals surface area contributed by atoms with Crippen LogP contribution in [0.4, 0.5) is 0 Å². The van der Waals surface area contributed by atoms with Gasteiger partial charge < -0.3 is 10.6 Å². The molecule has 2 heteroatoms. The number of nitrogens with two attached hydrogens (primary N) is 1. The lowest BCUT2D eigenvalue weighted by atomic mass is 9.86. The van der Waals surface area contributed by atoms with Crippen molar-refractivity contribution in [1.82, 2.24) is 4.90 Å². The highest BCUT2D eigenvalue weighted by Crippen LogP contribution is 2.37. The Balaban J connectivity index is 2.25. The summed E-state index contributed by atoms with van der Waals surface area (Å²) in [5.41, 5.74) is 6.40. The van der Waals surface area contributed by atoms with E-state index in [1.807, 2.05) is 0 Å². The summed E-state index contributed by atoms with van der Waals surface area (Å²) >= 11 is 0. The van der Waals surface area contributed by atoms with E-state index in [9.17, 15) is 0 Å². The first-order valence-electron chi connectivity index (χ1n) is 6.61. The molecule has 0 aromatic heterocycles. The van der Waals surface area contributed by atoms with Crippen molar-refractivity contribution in [2.75, 3.05) is 26.7 Å². The van der Waals surface area contributed by atoms with Crippen LogP contribution in [0.5, 0.6) is 0 Å². The molecule has 0 aromatic carbocycles. The molecule has 90 valence electrons. The van der Waals surface area contributed by atoms with E-state index in [0.29, 0.717) is 5.41 Å². The van der Waals surface area contributed by atoms with Crippen LogP contribution in [0.3, 0.4) is 0 Å². The normalized spacial score (nSPS) is 20.0. The van der Waals surface area contributed by atoms with E-state index in [4.69, 9.17) is 5.73 Å². The summed E-state index contributed by atoms with van der Waals surface area (Å²) < 4.78 is 0. The third-order valence-corrected chi connectivity index (χ3v) is 3.85. The minimum Gasteiger partial charge on any atom is -0.330 e. The highest BCUT2D eigenvalue weighted by Gasteiger charge is 2.33. The Kier molecular flexibility index (Phi) is 5.62. The van der Waals surface area contributed by atoms with Crippen LogP contribution in [0.15, 0.2) is 0 Å². The zero-order chi connectivity index (χ0) is 11.1. The predicted molar refractivity (Wildman–Crippen MR) is 67.0 cm³/mol. The van der Waals surface area contributed by atoms with E-state index in [2.05, 4.69) is 18.9 Å². The van der Waals surface area contributed by atoms with Gasteiger partial charge in [-0.15, -0.1) is 0 Å². The molecule has 0 unspecified atom stereocenters. The van der Waals surface area contributed by atoms with Crippen LogP contribution in [0, 0.1) is 5.41 Å². The maximum atomic E-state index is 5.95. The standard InChI is InChI=1S/C13H28N2/c1-3-4-7-10-15(2)12-13(11-14)8-5-6-9-13/h3-12,14H2,1-2H3. The highest BCUT2D eigenvalue weighted by atomic mass is 15.1. The Morgan fingerprint density at radius 1 is 1.20 bits per heavy atom. The van der Waals surface area contributed by atoms with Gasteiger partial charge in [-0.05, 0) is 44.8 Å². The fraction of sp³-hybridized carbons (Fsp3) is 1.00. The lowest BCUT2D eigenvalue weighted by Crippen LogP contribution is -2.39. The van der Waals surface area contributed by atoms with Crippen LogP contribution in [0.1, 0.15) is 51.9 Å². The monoisotopic (exact) mass is 212 g/mol. The zero-order valence-corrected chi connectivity index (χ0v) is 10.6. The second kappa shape index (κ2) is 6.49. The number of hydrogen-bond donors (Lipinski definition) is 1. The second-order valence-electron chi connectivity index (χ2n) is 5.36. The predicted octanol–water partition coefficient (Wildman–Crippen LogP) is 2.63. The van der Waals surface area contributed by atoms with Crippen molar-refractivity contribution in [3.63, 3.8) is 0 Å². The molecular weight excluding hydrogens is 184 g/mol. The molecule has 1 fully saturated rings. The molecule has 2 N–H and O–H groups in total. The van der Waals surface area contributed by atoms with Gasteiger partial charge in [0, 0.05) is 6.54 Å². The van der Waals surface area contributed by atoms with Gasteiger partial charge in [0.25, 0.3) is 0 Å². The van der Waals surface area contributed by atoms with Crippen molar-refractivity contribution < 1.29 is 0 Å². The first-order chi connectivity index (χ1) is 7.22. The summed E-state index contributed by atoms with van der Waals surface area (Å²) in [4.78, 5) is 2.49. The fourth-order valence-corrected chi connectivity index (χ4v) is 2.84. The number of nitrogens with zero attached hydrogens (tertiary/aromatic N) is 1. The summed E-state index contributed by atoms with van der Waals surface area (Å²) in [7, 11) is 2.26. The average Bonchev–Trinajstić information content (AvgIpc) is 2.67. The van der Waals surface area contributed by atoms with E-state index < -0.39 is 0 Å². The van der Waals surface area contributed by atoms with Gasteiger partial charge >= 0.3 is 0 Å². The maximum Gasteiger partial charge on any atom is 0.00470 e. The van der Waals surface area contributed by atoms with Gasteiger partial charge in [0.15, 0.2) is 0 Å². The number of unbranched alkanes of at least 4 members (excludes halogenated alkanes) is 2.